The molecule has 1 amide bonds. The van der Waals surface area contributed by atoms with Gasteiger partial charge in [-0.3, -0.25) is 4.79 Å². The Hall–Kier alpha value is -2.38. The predicted octanol–water partition coefficient (Wildman–Crippen LogP) is 2.70. The van der Waals surface area contributed by atoms with Crippen LogP contribution in [0.5, 0.6) is 5.75 Å². The second-order valence-corrected chi connectivity index (χ2v) is 7.75. The first-order valence-corrected chi connectivity index (χ1v) is 9.87. The van der Waals surface area contributed by atoms with Crippen LogP contribution in [0.25, 0.3) is 0 Å². The second-order valence-electron chi connectivity index (χ2n) is 5.98. The van der Waals surface area contributed by atoms with E-state index in [2.05, 4.69) is 10.0 Å². The molecule has 2 aromatic carbocycles. The van der Waals surface area contributed by atoms with Crippen molar-refractivity contribution in [2.24, 2.45) is 0 Å². The van der Waals surface area contributed by atoms with Crippen LogP contribution in [0.1, 0.15) is 36.2 Å². The monoisotopic (exact) mass is 376 g/mol. The molecule has 6 nitrogen and oxygen atoms in total. The summed E-state index contributed by atoms with van der Waals surface area (Å²) >= 11 is 0. The summed E-state index contributed by atoms with van der Waals surface area (Å²) < 4.78 is 32.4. The van der Waals surface area contributed by atoms with E-state index >= 15 is 0 Å². The Morgan fingerprint density at radius 2 is 1.69 bits per heavy atom. The van der Waals surface area contributed by atoms with Gasteiger partial charge in [0.05, 0.1) is 12.0 Å². The summed E-state index contributed by atoms with van der Waals surface area (Å²) in [5.74, 6) is 0.498. The summed E-state index contributed by atoms with van der Waals surface area (Å²) in [6.07, 6.45) is 0.827. The Balaban J connectivity index is 2.02. The maximum Gasteiger partial charge on any atom is 0.251 e. The molecule has 0 aliphatic heterocycles. The Morgan fingerprint density at radius 3 is 2.23 bits per heavy atom. The third kappa shape index (κ3) is 5.31. The highest BCUT2D eigenvalue weighted by Gasteiger charge is 2.15. The van der Waals surface area contributed by atoms with Gasteiger partial charge in [0, 0.05) is 18.2 Å². The molecule has 0 bridgehead atoms. The molecule has 0 radical (unpaired) electrons. The molecule has 0 spiro atoms. The first kappa shape index (κ1) is 19.9. The van der Waals surface area contributed by atoms with E-state index in [1.54, 1.807) is 31.4 Å². The van der Waals surface area contributed by atoms with Crippen LogP contribution in [0.2, 0.25) is 0 Å². The number of benzene rings is 2. The Bertz CT molecular complexity index is 831. The summed E-state index contributed by atoms with van der Waals surface area (Å²) in [5, 5.41) is 2.85. The maximum atomic E-state index is 12.4. The molecule has 0 fully saturated rings. The first-order valence-electron chi connectivity index (χ1n) is 8.39. The SMILES string of the molecule is CCC(C)NC(=O)c1ccc(S(=O)(=O)NCc2ccc(OC)cc2)cc1. The van der Waals surface area contributed by atoms with E-state index in [0.717, 1.165) is 12.0 Å². The zero-order valence-corrected chi connectivity index (χ0v) is 16.0. The zero-order chi connectivity index (χ0) is 19.2. The van der Waals surface area contributed by atoms with Gasteiger partial charge < -0.3 is 10.1 Å². The van der Waals surface area contributed by atoms with Gasteiger partial charge in [-0.15, -0.1) is 0 Å². The normalized spacial score (nSPS) is 12.4. The number of hydrogen-bond donors (Lipinski definition) is 2. The van der Waals surface area contributed by atoms with E-state index in [1.165, 1.54) is 24.3 Å². The van der Waals surface area contributed by atoms with E-state index in [-0.39, 0.29) is 23.4 Å². The van der Waals surface area contributed by atoms with Crippen molar-refractivity contribution < 1.29 is 17.9 Å². The molecule has 0 saturated carbocycles. The van der Waals surface area contributed by atoms with Crippen molar-refractivity contribution >= 4 is 15.9 Å². The molecular formula is C19H24N2O4S. The van der Waals surface area contributed by atoms with E-state index < -0.39 is 10.0 Å². The minimum Gasteiger partial charge on any atom is -0.497 e. The van der Waals surface area contributed by atoms with Crippen molar-refractivity contribution in [1.29, 1.82) is 0 Å². The third-order valence-electron chi connectivity index (χ3n) is 4.04. The van der Waals surface area contributed by atoms with Crippen molar-refractivity contribution in [3.63, 3.8) is 0 Å². The van der Waals surface area contributed by atoms with E-state index in [4.69, 9.17) is 4.74 Å². The van der Waals surface area contributed by atoms with Gasteiger partial charge in [0.25, 0.3) is 5.91 Å². The van der Waals surface area contributed by atoms with Gasteiger partial charge in [0.1, 0.15) is 5.75 Å². The van der Waals surface area contributed by atoms with Gasteiger partial charge in [-0.05, 0) is 55.3 Å². The predicted molar refractivity (Wildman–Crippen MR) is 101 cm³/mol. The fourth-order valence-corrected chi connectivity index (χ4v) is 3.22. The molecule has 0 aromatic heterocycles. The van der Waals surface area contributed by atoms with Crippen LogP contribution in [0.4, 0.5) is 0 Å². The summed E-state index contributed by atoms with van der Waals surface area (Å²) in [4.78, 5) is 12.2. The van der Waals surface area contributed by atoms with Gasteiger partial charge in [0.2, 0.25) is 10.0 Å². The standard InChI is InChI=1S/C19H24N2O4S/c1-4-14(2)21-19(22)16-7-11-18(12-8-16)26(23,24)20-13-15-5-9-17(25-3)10-6-15/h5-12,14,20H,4,13H2,1-3H3,(H,21,22). The molecule has 2 rings (SSSR count). The molecule has 1 atom stereocenters. The second kappa shape index (κ2) is 8.82. The largest absolute Gasteiger partial charge is 0.497 e. The molecule has 26 heavy (non-hydrogen) atoms. The summed E-state index contributed by atoms with van der Waals surface area (Å²) in [6, 6.07) is 13.1. The summed E-state index contributed by atoms with van der Waals surface area (Å²) in [7, 11) is -2.08. The lowest BCUT2D eigenvalue weighted by Gasteiger charge is -2.12. The van der Waals surface area contributed by atoms with Crippen molar-refractivity contribution in [3.05, 3.63) is 59.7 Å². The van der Waals surface area contributed by atoms with Crippen LogP contribution in [-0.4, -0.2) is 27.5 Å². The molecule has 0 aliphatic carbocycles. The number of methoxy groups -OCH3 is 1. The quantitative estimate of drug-likeness (QED) is 0.742. The molecule has 0 aliphatic rings. The number of nitrogens with one attached hydrogen (secondary N) is 2. The van der Waals surface area contributed by atoms with Gasteiger partial charge >= 0.3 is 0 Å². The van der Waals surface area contributed by atoms with Gasteiger partial charge in [-0.25, -0.2) is 13.1 Å². The average Bonchev–Trinajstić information content (AvgIpc) is 2.66. The maximum absolute atomic E-state index is 12.4. The lowest BCUT2D eigenvalue weighted by atomic mass is 10.2. The Kier molecular flexibility index (Phi) is 6.76. The highest BCUT2D eigenvalue weighted by atomic mass is 32.2. The topological polar surface area (TPSA) is 84.5 Å². The zero-order valence-electron chi connectivity index (χ0n) is 15.2. The number of amides is 1. The Labute approximate surface area is 154 Å². The van der Waals surface area contributed by atoms with Crippen molar-refractivity contribution in [2.45, 2.75) is 37.8 Å². The lowest BCUT2D eigenvalue weighted by Crippen LogP contribution is -2.32. The minimum absolute atomic E-state index is 0.0667. The highest BCUT2D eigenvalue weighted by molar-refractivity contribution is 7.89. The average molecular weight is 376 g/mol. The molecule has 2 aromatic rings. The van der Waals surface area contributed by atoms with Crippen molar-refractivity contribution in [2.75, 3.05) is 7.11 Å². The lowest BCUT2D eigenvalue weighted by molar-refractivity contribution is 0.0939. The van der Waals surface area contributed by atoms with E-state index in [1.807, 2.05) is 13.8 Å². The molecule has 2 N–H and O–H groups in total. The van der Waals surface area contributed by atoms with E-state index in [0.29, 0.717) is 11.3 Å². The van der Waals surface area contributed by atoms with E-state index in [9.17, 15) is 13.2 Å². The highest BCUT2D eigenvalue weighted by Crippen LogP contribution is 2.14. The molecular weight excluding hydrogens is 352 g/mol. The van der Waals surface area contributed by atoms with Crippen LogP contribution in [0.3, 0.4) is 0 Å². The number of rotatable bonds is 8. The number of ether oxygens (including phenoxy) is 1. The van der Waals surface area contributed by atoms with Crippen molar-refractivity contribution in [3.8, 4) is 5.75 Å². The minimum atomic E-state index is -3.66. The van der Waals surface area contributed by atoms with Gasteiger partial charge in [0.15, 0.2) is 0 Å². The van der Waals surface area contributed by atoms with Crippen molar-refractivity contribution in [1.82, 2.24) is 10.0 Å². The number of hydrogen-bond acceptors (Lipinski definition) is 4. The summed E-state index contributed by atoms with van der Waals surface area (Å²) in [6.45, 7) is 4.07. The summed E-state index contributed by atoms with van der Waals surface area (Å²) in [5.41, 5.74) is 1.25. The van der Waals surface area contributed by atoms with Gasteiger partial charge in [-0.1, -0.05) is 19.1 Å². The third-order valence-corrected chi connectivity index (χ3v) is 5.46. The van der Waals surface area contributed by atoms with Crippen LogP contribution < -0.4 is 14.8 Å². The molecule has 1 unspecified atom stereocenters. The fraction of sp³-hybridized carbons (Fsp3) is 0.316. The number of sulfonamides is 1. The number of carbonyl (C=O) groups is 1. The Morgan fingerprint density at radius 1 is 1.08 bits per heavy atom. The molecule has 140 valence electrons. The fourth-order valence-electron chi connectivity index (χ4n) is 2.20. The number of carbonyl (C=O) groups excluding carboxylic acids is 1. The smallest absolute Gasteiger partial charge is 0.251 e. The molecule has 7 heteroatoms. The van der Waals surface area contributed by atoms with Gasteiger partial charge in [-0.2, -0.15) is 0 Å². The molecule has 0 heterocycles. The van der Waals surface area contributed by atoms with Crippen LogP contribution >= 0.6 is 0 Å². The van der Waals surface area contributed by atoms with Crippen LogP contribution in [0.15, 0.2) is 53.4 Å². The van der Waals surface area contributed by atoms with Crippen LogP contribution in [-0.2, 0) is 16.6 Å². The molecule has 0 saturated heterocycles. The first-order chi connectivity index (χ1) is 12.4. The van der Waals surface area contributed by atoms with Crippen LogP contribution in [0, 0.1) is 0 Å².